The minimum Gasteiger partial charge on any atom is -0.497 e. The highest BCUT2D eigenvalue weighted by atomic mass is 16.5. The molecule has 0 saturated carbocycles. The number of nitrogens with one attached hydrogen (secondary N) is 1. The van der Waals surface area contributed by atoms with Crippen molar-refractivity contribution in [3.63, 3.8) is 0 Å². The van der Waals surface area contributed by atoms with Crippen molar-refractivity contribution in [2.45, 2.75) is 19.3 Å². The maximum absolute atomic E-state index is 12.6. The Morgan fingerprint density at radius 3 is 2.89 bits per heavy atom. The fourth-order valence-corrected chi connectivity index (χ4v) is 3.41. The molecule has 1 aliphatic heterocycles. The molecule has 6 heteroatoms. The Kier molecular flexibility index (Phi) is 4.54. The highest BCUT2D eigenvalue weighted by molar-refractivity contribution is 6.03. The van der Waals surface area contributed by atoms with Crippen molar-refractivity contribution < 1.29 is 18.7 Å². The molecule has 2 heterocycles. The molecule has 0 radical (unpaired) electrons. The molecule has 3 aromatic rings. The SMILES string of the molecule is COc1ccc2c(CC(=O)Nc3ccccc3N3CCCC3=O)coc2c1. The monoisotopic (exact) mass is 364 g/mol. The summed E-state index contributed by atoms with van der Waals surface area (Å²) in [5.41, 5.74) is 2.88. The third kappa shape index (κ3) is 3.38. The van der Waals surface area contributed by atoms with Crippen LogP contribution in [-0.4, -0.2) is 25.5 Å². The van der Waals surface area contributed by atoms with E-state index in [1.165, 1.54) is 0 Å². The number of anilines is 2. The molecule has 0 spiro atoms. The number of nitrogens with zero attached hydrogens (tertiary/aromatic N) is 1. The third-order valence-corrected chi connectivity index (χ3v) is 4.76. The molecule has 1 fully saturated rings. The molecule has 1 N–H and O–H groups in total. The van der Waals surface area contributed by atoms with Gasteiger partial charge in [-0.2, -0.15) is 0 Å². The second-order valence-electron chi connectivity index (χ2n) is 6.51. The van der Waals surface area contributed by atoms with Crippen molar-refractivity contribution in [3.05, 3.63) is 54.3 Å². The Morgan fingerprint density at radius 2 is 2.11 bits per heavy atom. The van der Waals surface area contributed by atoms with E-state index in [1.54, 1.807) is 24.3 Å². The van der Waals surface area contributed by atoms with Gasteiger partial charge < -0.3 is 19.4 Å². The average Bonchev–Trinajstić information content (AvgIpc) is 3.28. The molecule has 0 bridgehead atoms. The zero-order chi connectivity index (χ0) is 18.8. The first-order chi connectivity index (χ1) is 13.2. The van der Waals surface area contributed by atoms with Gasteiger partial charge in [0.2, 0.25) is 11.8 Å². The minimum atomic E-state index is -0.160. The smallest absolute Gasteiger partial charge is 0.228 e. The lowest BCUT2D eigenvalue weighted by atomic mass is 10.1. The van der Waals surface area contributed by atoms with Crippen LogP contribution in [0.1, 0.15) is 18.4 Å². The number of hydrogen-bond acceptors (Lipinski definition) is 4. The fourth-order valence-electron chi connectivity index (χ4n) is 3.41. The maximum Gasteiger partial charge on any atom is 0.228 e. The van der Waals surface area contributed by atoms with Gasteiger partial charge in [-0.3, -0.25) is 9.59 Å². The van der Waals surface area contributed by atoms with Crippen LogP contribution in [-0.2, 0) is 16.0 Å². The Bertz CT molecular complexity index is 1010. The number of rotatable bonds is 5. The van der Waals surface area contributed by atoms with Crippen LogP contribution in [0, 0.1) is 0 Å². The Morgan fingerprint density at radius 1 is 1.26 bits per heavy atom. The summed E-state index contributed by atoms with van der Waals surface area (Å²) in [6.45, 7) is 0.680. The quantitative estimate of drug-likeness (QED) is 0.748. The summed E-state index contributed by atoms with van der Waals surface area (Å²) in [5, 5.41) is 3.82. The van der Waals surface area contributed by atoms with Gasteiger partial charge in [-0.15, -0.1) is 0 Å². The third-order valence-electron chi connectivity index (χ3n) is 4.76. The molecule has 4 rings (SSSR count). The standard InChI is InChI=1S/C21H20N2O4/c1-26-15-8-9-16-14(13-27-19(16)12-15)11-20(24)22-17-5-2-3-6-18(17)23-10-4-7-21(23)25/h2-3,5-6,8-9,12-13H,4,7,10-11H2,1H3,(H,22,24). The molecule has 1 aromatic heterocycles. The first-order valence-electron chi connectivity index (χ1n) is 8.89. The van der Waals surface area contributed by atoms with Crippen molar-refractivity contribution in [2.24, 2.45) is 0 Å². The van der Waals surface area contributed by atoms with Crippen LogP contribution in [0.5, 0.6) is 5.75 Å². The summed E-state index contributed by atoms with van der Waals surface area (Å²) in [6, 6.07) is 12.9. The van der Waals surface area contributed by atoms with Gasteiger partial charge >= 0.3 is 0 Å². The number of carbonyl (C=O) groups is 2. The lowest BCUT2D eigenvalue weighted by Gasteiger charge is -2.19. The molecule has 1 aliphatic rings. The van der Waals surface area contributed by atoms with Gasteiger partial charge in [0.1, 0.15) is 11.3 Å². The average molecular weight is 364 g/mol. The molecule has 0 unspecified atom stereocenters. The van der Waals surface area contributed by atoms with Crippen molar-refractivity contribution in [2.75, 3.05) is 23.9 Å². The fraction of sp³-hybridized carbons (Fsp3) is 0.238. The highest BCUT2D eigenvalue weighted by Gasteiger charge is 2.24. The lowest BCUT2D eigenvalue weighted by Crippen LogP contribution is -2.25. The summed E-state index contributed by atoms with van der Waals surface area (Å²) in [7, 11) is 1.60. The predicted molar refractivity (Wildman–Crippen MR) is 103 cm³/mol. The van der Waals surface area contributed by atoms with E-state index in [9.17, 15) is 9.59 Å². The Balaban J connectivity index is 1.53. The van der Waals surface area contributed by atoms with Gasteiger partial charge in [0.05, 0.1) is 31.2 Å². The number of fused-ring (bicyclic) bond motifs is 1. The second kappa shape index (κ2) is 7.15. The minimum absolute atomic E-state index is 0.0893. The van der Waals surface area contributed by atoms with Crippen molar-refractivity contribution in [1.29, 1.82) is 0 Å². The zero-order valence-corrected chi connectivity index (χ0v) is 15.0. The first kappa shape index (κ1) is 17.1. The lowest BCUT2D eigenvalue weighted by molar-refractivity contribution is -0.117. The number of hydrogen-bond donors (Lipinski definition) is 1. The summed E-state index contributed by atoms with van der Waals surface area (Å²) in [5.74, 6) is 0.635. The topological polar surface area (TPSA) is 71.8 Å². The van der Waals surface area contributed by atoms with Gasteiger partial charge in [0.15, 0.2) is 0 Å². The largest absolute Gasteiger partial charge is 0.497 e. The summed E-state index contributed by atoms with van der Waals surface area (Å²) in [6.07, 6.45) is 3.17. The number of methoxy groups -OCH3 is 1. The van der Waals surface area contributed by atoms with E-state index < -0.39 is 0 Å². The molecular formula is C21H20N2O4. The van der Waals surface area contributed by atoms with Crippen LogP contribution in [0.4, 0.5) is 11.4 Å². The number of furan rings is 1. The molecule has 27 heavy (non-hydrogen) atoms. The van der Waals surface area contributed by atoms with Crippen molar-refractivity contribution >= 4 is 34.2 Å². The number of para-hydroxylation sites is 2. The Hall–Kier alpha value is -3.28. The molecule has 6 nitrogen and oxygen atoms in total. The van der Waals surface area contributed by atoms with E-state index in [1.807, 2.05) is 36.4 Å². The maximum atomic E-state index is 12.6. The summed E-state index contributed by atoms with van der Waals surface area (Å²) < 4.78 is 10.7. The van der Waals surface area contributed by atoms with Crippen LogP contribution in [0.2, 0.25) is 0 Å². The van der Waals surface area contributed by atoms with Crippen molar-refractivity contribution in [1.82, 2.24) is 0 Å². The molecule has 0 atom stereocenters. The van der Waals surface area contributed by atoms with E-state index >= 15 is 0 Å². The van der Waals surface area contributed by atoms with E-state index in [-0.39, 0.29) is 18.2 Å². The molecule has 2 aromatic carbocycles. The predicted octanol–water partition coefficient (Wildman–Crippen LogP) is 3.75. The van der Waals surface area contributed by atoms with Crippen molar-refractivity contribution in [3.8, 4) is 5.75 Å². The van der Waals surface area contributed by atoms with Crippen LogP contribution in [0.15, 0.2) is 53.1 Å². The Labute approximate surface area is 156 Å². The molecule has 0 aliphatic carbocycles. The molecule has 1 saturated heterocycles. The normalized spacial score (nSPS) is 14.0. The first-order valence-corrected chi connectivity index (χ1v) is 8.89. The molecular weight excluding hydrogens is 344 g/mol. The van der Waals surface area contributed by atoms with Gasteiger partial charge in [-0.25, -0.2) is 0 Å². The van der Waals surface area contributed by atoms with Crippen LogP contribution in [0.3, 0.4) is 0 Å². The highest BCUT2D eigenvalue weighted by Crippen LogP contribution is 2.30. The zero-order valence-electron chi connectivity index (χ0n) is 15.0. The van der Waals surface area contributed by atoms with Gasteiger partial charge in [0, 0.05) is 30.0 Å². The van der Waals surface area contributed by atoms with Gasteiger partial charge in [0.25, 0.3) is 0 Å². The number of ether oxygens (including phenoxy) is 1. The van der Waals surface area contributed by atoms with E-state index in [4.69, 9.17) is 9.15 Å². The summed E-state index contributed by atoms with van der Waals surface area (Å²) in [4.78, 5) is 26.4. The van der Waals surface area contributed by atoms with E-state index in [2.05, 4.69) is 5.32 Å². The second-order valence-corrected chi connectivity index (χ2v) is 6.51. The van der Waals surface area contributed by atoms with Gasteiger partial charge in [-0.05, 0) is 30.7 Å². The van der Waals surface area contributed by atoms with Crippen LogP contribution in [0.25, 0.3) is 11.0 Å². The van der Waals surface area contributed by atoms with Crippen LogP contribution >= 0.6 is 0 Å². The van der Waals surface area contributed by atoms with Gasteiger partial charge in [-0.1, -0.05) is 12.1 Å². The van der Waals surface area contributed by atoms with Crippen LogP contribution < -0.4 is 15.0 Å². The molecule has 138 valence electrons. The van der Waals surface area contributed by atoms with E-state index in [0.29, 0.717) is 30.0 Å². The number of carbonyl (C=O) groups excluding carboxylic acids is 2. The van der Waals surface area contributed by atoms with E-state index in [0.717, 1.165) is 23.1 Å². The molecule has 2 amide bonds. The summed E-state index contributed by atoms with van der Waals surface area (Å²) >= 11 is 0. The number of benzene rings is 2. The number of amides is 2.